The number of nitrogens with zero attached hydrogens (tertiary/aromatic N) is 4. The molecule has 1 aromatic carbocycles. The maximum Gasteiger partial charge on any atom is 0.217 e. The number of hydrogen-bond donors (Lipinski definition) is 2. The Balaban J connectivity index is 1.72. The van der Waals surface area contributed by atoms with E-state index < -0.39 is 5.82 Å². The lowest BCUT2D eigenvalue weighted by atomic mass is 10.1. The van der Waals surface area contributed by atoms with Crippen molar-refractivity contribution in [3.63, 3.8) is 0 Å². The predicted octanol–water partition coefficient (Wildman–Crippen LogP) is 3.98. The zero-order valence-corrected chi connectivity index (χ0v) is 17.3. The number of aromatic nitrogens is 4. The molecule has 1 aliphatic rings. The minimum atomic E-state index is -0.513. The van der Waals surface area contributed by atoms with Crippen LogP contribution in [0.5, 0.6) is 0 Å². The Labute approximate surface area is 182 Å². The SMILES string of the molecule is CC(=O)NC1CCc2cc(-n3c(-c4cc(F)cnc4N)nc4ccc(Cl)nc43)ccc21. The van der Waals surface area contributed by atoms with Gasteiger partial charge in [0.15, 0.2) is 11.5 Å². The van der Waals surface area contributed by atoms with Gasteiger partial charge in [0.1, 0.15) is 22.3 Å². The van der Waals surface area contributed by atoms with Crippen molar-refractivity contribution < 1.29 is 9.18 Å². The summed E-state index contributed by atoms with van der Waals surface area (Å²) in [5.41, 5.74) is 10.5. The van der Waals surface area contributed by atoms with Gasteiger partial charge < -0.3 is 11.1 Å². The maximum absolute atomic E-state index is 14.0. The van der Waals surface area contributed by atoms with Gasteiger partial charge in [0.05, 0.1) is 17.8 Å². The number of aryl methyl sites for hydroxylation is 1. The van der Waals surface area contributed by atoms with E-state index in [0.717, 1.165) is 35.9 Å². The molecule has 0 spiro atoms. The Morgan fingerprint density at radius 2 is 2.10 bits per heavy atom. The molecule has 5 rings (SSSR count). The fraction of sp³-hybridized carbons (Fsp3) is 0.182. The quantitative estimate of drug-likeness (QED) is 0.473. The summed E-state index contributed by atoms with van der Waals surface area (Å²) in [6, 6.07) is 10.7. The van der Waals surface area contributed by atoms with Gasteiger partial charge in [-0.05, 0) is 54.3 Å². The van der Waals surface area contributed by atoms with E-state index in [9.17, 15) is 9.18 Å². The molecule has 0 saturated carbocycles. The number of nitrogen functional groups attached to an aromatic ring is 1. The second kappa shape index (κ2) is 7.31. The van der Waals surface area contributed by atoms with Gasteiger partial charge in [0.2, 0.25) is 5.91 Å². The standard InChI is InChI=1S/C22H18ClFN6O/c1-11(31)27-17-5-2-12-8-14(3-4-15(12)17)30-21(16-9-13(24)10-26-20(16)25)28-18-6-7-19(23)29-22(18)30/h3-4,6-10,17H,2,5H2,1H3,(H2,25,26)(H,27,31). The summed E-state index contributed by atoms with van der Waals surface area (Å²) in [7, 11) is 0. The summed E-state index contributed by atoms with van der Waals surface area (Å²) >= 11 is 6.16. The number of hydrogen-bond acceptors (Lipinski definition) is 5. The molecule has 0 saturated heterocycles. The lowest BCUT2D eigenvalue weighted by Crippen LogP contribution is -2.24. The van der Waals surface area contributed by atoms with Crippen LogP contribution in [0, 0.1) is 5.82 Å². The lowest BCUT2D eigenvalue weighted by Gasteiger charge is -2.14. The van der Waals surface area contributed by atoms with Crippen LogP contribution in [0.4, 0.5) is 10.2 Å². The number of nitrogens with one attached hydrogen (secondary N) is 1. The fourth-order valence-corrected chi connectivity index (χ4v) is 4.27. The summed E-state index contributed by atoms with van der Waals surface area (Å²) in [6.45, 7) is 1.52. The van der Waals surface area contributed by atoms with Crippen molar-refractivity contribution in [2.45, 2.75) is 25.8 Å². The molecule has 3 aromatic heterocycles. The van der Waals surface area contributed by atoms with Crippen LogP contribution < -0.4 is 11.1 Å². The van der Waals surface area contributed by atoms with Crippen LogP contribution in [0.2, 0.25) is 5.15 Å². The van der Waals surface area contributed by atoms with E-state index in [-0.39, 0.29) is 17.8 Å². The van der Waals surface area contributed by atoms with Crippen LogP contribution in [0.3, 0.4) is 0 Å². The van der Waals surface area contributed by atoms with E-state index in [1.54, 1.807) is 16.7 Å². The molecule has 0 fully saturated rings. The number of imidazole rings is 1. The highest BCUT2D eigenvalue weighted by Crippen LogP contribution is 2.36. The molecular formula is C22H18ClFN6O. The van der Waals surface area contributed by atoms with E-state index >= 15 is 0 Å². The monoisotopic (exact) mass is 436 g/mol. The molecule has 1 amide bonds. The zero-order valence-electron chi connectivity index (χ0n) is 16.6. The number of anilines is 1. The highest BCUT2D eigenvalue weighted by molar-refractivity contribution is 6.29. The largest absolute Gasteiger partial charge is 0.383 e. The van der Waals surface area contributed by atoms with Crippen molar-refractivity contribution >= 4 is 34.5 Å². The molecule has 0 radical (unpaired) electrons. The van der Waals surface area contributed by atoms with Gasteiger partial charge >= 0.3 is 0 Å². The van der Waals surface area contributed by atoms with Crippen LogP contribution in [0.15, 0.2) is 42.6 Å². The molecular weight excluding hydrogens is 419 g/mol. The van der Waals surface area contributed by atoms with Gasteiger partial charge in [-0.25, -0.2) is 19.3 Å². The molecule has 1 aliphatic carbocycles. The molecule has 156 valence electrons. The molecule has 3 heterocycles. The first-order valence-electron chi connectivity index (χ1n) is 9.77. The number of amides is 1. The summed E-state index contributed by atoms with van der Waals surface area (Å²) in [5.74, 6) is 0.0141. The van der Waals surface area contributed by atoms with Crippen molar-refractivity contribution in [2.24, 2.45) is 0 Å². The summed E-state index contributed by atoms with van der Waals surface area (Å²) in [5, 5.41) is 3.30. The molecule has 1 atom stereocenters. The van der Waals surface area contributed by atoms with Crippen LogP contribution in [-0.4, -0.2) is 25.4 Å². The van der Waals surface area contributed by atoms with Crippen molar-refractivity contribution in [2.75, 3.05) is 5.73 Å². The molecule has 0 bridgehead atoms. The first-order chi connectivity index (χ1) is 14.9. The Morgan fingerprint density at radius 3 is 2.90 bits per heavy atom. The molecule has 3 N–H and O–H groups in total. The highest BCUT2D eigenvalue weighted by atomic mass is 35.5. The summed E-state index contributed by atoms with van der Waals surface area (Å²) in [6.07, 6.45) is 2.73. The van der Waals surface area contributed by atoms with E-state index in [1.165, 1.54) is 13.0 Å². The Hall–Kier alpha value is -3.52. The average Bonchev–Trinajstić information content (AvgIpc) is 3.30. The highest BCUT2D eigenvalue weighted by Gasteiger charge is 2.25. The van der Waals surface area contributed by atoms with Crippen LogP contribution in [0.1, 0.15) is 30.5 Å². The third-order valence-electron chi connectivity index (χ3n) is 5.44. The van der Waals surface area contributed by atoms with Crippen LogP contribution in [0.25, 0.3) is 28.2 Å². The minimum Gasteiger partial charge on any atom is -0.383 e. The summed E-state index contributed by atoms with van der Waals surface area (Å²) in [4.78, 5) is 24.5. The van der Waals surface area contributed by atoms with Crippen molar-refractivity contribution in [3.8, 4) is 17.1 Å². The van der Waals surface area contributed by atoms with E-state index in [4.69, 9.17) is 17.3 Å². The van der Waals surface area contributed by atoms with Gasteiger partial charge in [-0.1, -0.05) is 17.7 Å². The lowest BCUT2D eigenvalue weighted by molar-refractivity contribution is -0.119. The van der Waals surface area contributed by atoms with Crippen molar-refractivity contribution in [3.05, 3.63) is 64.7 Å². The second-order valence-corrected chi connectivity index (χ2v) is 7.90. The van der Waals surface area contributed by atoms with Crippen molar-refractivity contribution in [1.29, 1.82) is 0 Å². The topological polar surface area (TPSA) is 98.7 Å². The number of carbonyl (C=O) groups excluding carboxylic acids is 1. The maximum atomic E-state index is 14.0. The fourth-order valence-electron chi connectivity index (χ4n) is 4.13. The third kappa shape index (κ3) is 3.38. The number of halogens is 2. The minimum absolute atomic E-state index is 0.00353. The van der Waals surface area contributed by atoms with Gasteiger partial charge in [0, 0.05) is 12.6 Å². The van der Waals surface area contributed by atoms with Crippen molar-refractivity contribution in [1.82, 2.24) is 24.8 Å². The van der Waals surface area contributed by atoms with Gasteiger partial charge in [-0.2, -0.15) is 0 Å². The van der Waals surface area contributed by atoms with E-state index in [2.05, 4.69) is 20.3 Å². The number of rotatable bonds is 3. The predicted molar refractivity (Wildman–Crippen MR) is 116 cm³/mol. The van der Waals surface area contributed by atoms with Gasteiger partial charge in [-0.3, -0.25) is 9.36 Å². The Bertz CT molecular complexity index is 1350. The zero-order chi connectivity index (χ0) is 21.7. The molecule has 4 aromatic rings. The Kier molecular flexibility index (Phi) is 4.59. The van der Waals surface area contributed by atoms with E-state index in [0.29, 0.717) is 27.7 Å². The number of fused-ring (bicyclic) bond motifs is 2. The Morgan fingerprint density at radius 1 is 1.26 bits per heavy atom. The molecule has 0 aliphatic heterocycles. The van der Waals surface area contributed by atoms with Gasteiger partial charge in [0.25, 0.3) is 0 Å². The van der Waals surface area contributed by atoms with Crippen LogP contribution in [-0.2, 0) is 11.2 Å². The number of carbonyl (C=O) groups is 1. The number of benzene rings is 1. The molecule has 1 unspecified atom stereocenters. The molecule has 7 nitrogen and oxygen atoms in total. The smallest absolute Gasteiger partial charge is 0.217 e. The molecule has 31 heavy (non-hydrogen) atoms. The third-order valence-corrected chi connectivity index (χ3v) is 5.65. The summed E-state index contributed by atoms with van der Waals surface area (Å²) < 4.78 is 15.8. The van der Waals surface area contributed by atoms with Gasteiger partial charge in [-0.15, -0.1) is 0 Å². The van der Waals surface area contributed by atoms with E-state index in [1.807, 2.05) is 18.2 Å². The number of pyridine rings is 2. The average molecular weight is 437 g/mol. The second-order valence-electron chi connectivity index (χ2n) is 7.51. The van der Waals surface area contributed by atoms with Crippen LogP contribution >= 0.6 is 11.6 Å². The first kappa shape index (κ1) is 19.4. The molecule has 9 heteroatoms. The number of nitrogens with two attached hydrogens (primary N) is 1. The first-order valence-corrected chi connectivity index (χ1v) is 10.1. The normalized spacial score (nSPS) is 15.3.